The van der Waals surface area contributed by atoms with Gasteiger partial charge in [0.05, 0.1) is 0 Å². The largest absolute Gasteiger partial charge is 0.0847 e. The van der Waals surface area contributed by atoms with E-state index >= 15 is 0 Å². The van der Waals surface area contributed by atoms with E-state index in [-0.39, 0.29) is 7.43 Å². The molecule has 0 aliphatic carbocycles. The van der Waals surface area contributed by atoms with Crippen LogP contribution in [0.4, 0.5) is 0 Å². The lowest BCUT2D eigenvalue weighted by Crippen LogP contribution is -1.62. The standard InChI is InChI=1S/C8H14.C2H6.CH4/c1-4-6-7-8(3)5-2;1-2;/h5-7H,4H2,1-3H3;1-2H3;1H4/b7-6-,8-5-;;. The Labute approximate surface area is 73.0 Å². The van der Waals surface area contributed by atoms with Crippen LogP contribution < -0.4 is 0 Å². The lowest BCUT2D eigenvalue weighted by Gasteiger charge is -1.84. The van der Waals surface area contributed by atoms with Crippen molar-refractivity contribution in [3.63, 3.8) is 0 Å². The van der Waals surface area contributed by atoms with Gasteiger partial charge in [-0.2, -0.15) is 0 Å². The summed E-state index contributed by atoms with van der Waals surface area (Å²) in [5.41, 5.74) is 1.34. The van der Waals surface area contributed by atoms with Crippen molar-refractivity contribution in [3.8, 4) is 0 Å². The predicted octanol–water partition coefficient (Wildman–Crippen LogP) is 4.58. The third kappa shape index (κ3) is 17.7. The molecule has 68 valence electrons. The second-order valence-electron chi connectivity index (χ2n) is 1.84. The molecule has 0 aromatic heterocycles. The minimum Gasteiger partial charge on any atom is -0.0847 e. The summed E-state index contributed by atoms with van der Waals surface area (Å²) in [6.07, 6.45) is 7.53. The molecule has 0 N–H and O–H groups in total. The van der Waals surface area contributed by atoms with Gasteiger partial charge in [-0.3, -0.25) is 0 Å². The second-order valence-corrected chi connectivity index (χ2v) is 1.84. The molecule has 0 bridgehead atoms. The van der Waals surface area contributed by atoms with E-state index in [1.54, 1.807) is 0 Å². The van der Waals surface area contributed by atoms with Crippen molar-refractivity contribution >= 4 is 0 Å². The molecule has 0 radical (unpaired) electrons. The molecule has 0 heterocycles. The first-order chi connectivity index (χ1) is 4.81. The van der Waals surface area contributed by atoms with Crippen LogP contribution in [0.25, 0.3) is 0 Å². The Morgan fingerprint density at radius 1 is 1.27 bits per heavy atom. The second kappa shape index (κ2) is 16.2. The van der Waals surface area contributed by atoms with Crippen LogP contribution in [0.1, 0.15) is 48.5 Å². The molecule has 0 unspecified atom stereocenters. The fourth-order valence-electron chi connectivity index (χ4n) is 0.400. The Hall–Kier alpha value is -0.520. The molecule has 0 aliphatic rings. The summed E-state index contributed by atoms with van der Waals surface area (Å²) in [6, 6.07) is 0. The summed E-state index contributed by atoms with van der Waals surface area (Å²) < 4.78 is 0. The first kappa shape index (κ1) is 16.8. The zero-order chi connectivity index (χ0) is 8.41. The number of rotatable bonds is 2. The van der Waals surface area contributed by atoms with Gasteiger partial charge in [0.25, 0.3) is 0 Å². The maximum absolute atomic E-state index is 2.16. The van der Waals surface area contributed by atoms with Crippen molar-refractivity contribution < 1.29 is 0 Å². The molecule has 0 saturated heterocycles. The topological polar surface area (TPSA) is 0 Å². The van der Waals surface area contributed by atoms with Crippen LogP contribution in [0.3, 0.4) is 0 Å². The van der Waals surface area contributed by atoms with E-state index in [0.29, 0.717) is 0 Å². The third-order valence-electron chi connectivity index (χ3n) is 1.07. The molecule has 0 fully saturated rings. The predicted molar refractivity (Wildman–Crippen MR) is 56.9 cm³/mol. The van der Waals surface area contributed by atoms with Crippen molar-refractivity contribution in [1.29, 1.82) is 0 Å². The fraction of sp³-hybridized carbons (Fsp3) is 0.636. The molecular formula is C11H24. The zero-order valence-corrected chi connectivity index (χ0v) is 7.94. The Balaban J connectivity index is -0.000000196. The Morgan fingerprint density at radius 3 is 2.00 bits per heavy atom. The quantitative estimate of drug-likeness (QED) is 0.513. The van der Waals surface area contributed by atoms with Crippen LogP contribution in [-0.2, 0) is 0 Å². The highest BCUT2D eigenvalue weighted by atomic mass is 13.8. The van der Waals surface area contributed by atoms with Crippen LogP contribution in [0, 0.1) is 0 Å². The van der Waals surface area contributed by atoms with Crippen LogP contribution in [0.5, 0.6) is 0 Å². The van der Waals surface area contributed by atoms with Crippen molar-refractivity contribution in [2.24, 2.45) is 0 Å². The number of allylic oxidation sites excluding steroid dienone is 4. The van der Waals surface area contributed by atoms with Gasteiger partial charge in [-0.25, -0.2) is 0 Å². The highest BCUT2D eigenvalue weighted by Gasteiger charge is 1.72. The molecule has 0 aromatic carbocycles. The molecule has 0 aliphatic heterocycles. The van der Waals surface area contributed by atoms with Gasteiger partial charge in [0.15, 0.2) is 0 Å². The van der Waals surface area contributed by atoms with Gasteiger partial charge in [-0.05, 0) is 20.3 Å². The van der Waals surface area contributed by atoms with Crippen LogP contribution >= 0.6 is 0 Å². The van der Waals surface area contributed by atoms with E-state index in [4.69, 9.17) is 0 Å². The van der Waals surface area contributed by atoms with E-state index in [0.717, 1.165) is 6.42 Å². The Kier molecular flexibility index (Phi) is 24.8. The van der Waals surface area contributed by atoms with Gasteiger partial charge in [0, 0.05) is 0 Å². The lowest BCUT2D eigenvalue weighted by molar-refractivity contribution is 1.22. The van der Waals surface area contributed by atoms with E-state index < -0.39 is 0 Å². The van der Waals surface area contributed by atoms with Crippen molar-refractivity contribution in [1.82, 2.24) is 0 Å². The van der Waals surface area contributed by atoms with Crippen molar-refractivity contribution in [2.45, 2.75) is 48.5 Å². The Bertz CT molecular complexity index is 96.6. The minimum atomic E-state index is 0. The maximum atomic E-state index is 2.16. The molecule has 11 heavy (non-hydrogen) atoms. The molecule has 0 aromatic rings. The van der Waals surface area contributed by atoms with Crippen LogP contribution in [0.15, 0.2) is 23.8 Å². The van der Waals surface area contributed by atoms with Crippen molar-refractivity contribution in [2.75, 3.05) is 0 Å². The smallest absolute Gasteiger partial charge is 0.0376 e. The fourth-order valence-corrected chi connectivity index (χ4v) is 0.400. The lowest BCUT2D eigenvalue weighted by atomic mass is 10.2. The molecule has 0 heteroatoms. The minimum absolute atomic E-state index is 0. The zero-order valence-electron chi connectivity index (χ0n) is 7.94. The van der Waals surface area contributed by atoms with Gasteiger partial charge >= 0.3 is 0 Å². The van der Waals surface area contributed by atoms with E-state index in [2.05, 4.69) is 39.0 Å². The summed E-state index contributed by atoms with van der Waals surface area (Å²) in [4.78, 5) is 0. The molecule has 0 nitrogen and oxygen atoms in total. The first-order valence-corrected chi connectivity index (χ1v) is 4.10. The number of hydrogen-bond acceptors (Lipinski definition) is 0. The Morgan fingerprint density at radius 2 is 1.73 bits per heavy atom. The first-order valence-electron chi connectivity index (χ1n) is 4.10. The normalized spacial score (nSPS) is 10.1. The van der Waals surface area contributed by atoms with E-state index in [9.17, 15) is 0 Å². The molecular weight excluding hydrogens is 132 g/mol. The SMILES string of the molecule is C.C/C=C(C)\C=C/CC.CC. The van der Waals surface area contributed by atoms with Crippen molar-refractivity contribution in [3.05, 3.63) is 23.8 Å². The van der Waals surface area contributed by atoms with E-state index in [1.165, 1.54) is 5.57 Å². The molecule has 0 atom stereocenters. The van der Waals surface area contributed by atoms with Crippen LogP contribution in [-0.4, -0.2) is 0 Å². The van der Waals surface area contributed by atoms with Gasteiger partial charge in [-0.15, -0.1) is 0 Å². The molecule has 0 spiro atoms. The maximum Gasteiger partial charge on any atom is -0.0376 e. The van der Waals surface area contributed by atoms with E-state index in [1.807, 2.05) is 13.8 Å². The van der Waals surface area contributed by atoms with Gasteiger partial charge in [0.2, 0.25) is 0 Å². The average Bonchev–Trinajstić information content (AvgIpc) is 2.04. The highest BCUT2D eigenvalue weighted by molar-refractivity contribution is 5.14. The average molecular weight is 156 g/mol. The van der Waals surface area contributed by atoms with Gasteiger partial charge in [0.1, 0.15) is 0 Å². The molecule has 0 saturated carbocycles. The number of hydrogen-bond donors (Lipinski definition) is 0. The summed E-state index contributed by atoms with van der Waals surface area (Å²) in [7, 11) is 0. The van der Waals surface area contributed by atoms with Crippen LogP contribution in [0.2, 0.25) is 0 Å². The van der Waals surface area contributed by atoms with Gasteiger partial charge in [-0.1, -0.05) is 52.0 Å². The third-order valence-corrected chi connectivity index (χ3v) is 1.07. The summed E-state index contributed by atoms with van der Waals surface area (Å²) >= 11 is 0. The highest BCUT2D eigenvalue weighted by Crippen LogP contribution is 1.93. The molecule has 0 rings (SSSR count). The monoisotopic (exact) mass is 156 g/mol. The summed E-state index contributed by atoms with van der Waals surface area (Å²) in [6.45, 7) is 10.3. The molecule has 0 amide bonds. The summed E-state index contributed by atoms with van der Waals surface area (Å²) in [5.74, 6) is 0. The van der Waals surface area contributed by atoms with Gasteiger partial charge < -0.3 is 0 Å². The summed E-state index contributed by atoms with van der Waals surface area (Å²) in [5, 5.41) is 0.